The van der Waals surface area contributed by atoms with Gasteiger partial charge in [-0.1, -0.05) is 58.3 Å². The Labute approximate surface area is 113 Å². The van der Waals surface area contributed by atoms with Crippen molar-refractivity contribution in [2.24, 2.45) is 0 Å². The molecule has 0 saturated carbocycles. The zero-order chi connectivity index (χ0) is 12.9. The van der Waals surface area contributed by atoms with E-state index in [-0.39, 0.29) is 0 Å². The van der Waals surface area contributed by atoms with Gasteiger partial charge in [0, 0.05) is 0 Å². The summed E-state index contributed by atoms with van der Waals surface area (Å²) in [5.41, 5.74) is 0. The minimum Gasteiger partial charge on any atom is -0.499 e. The van der Waals surface area contributed by atoms with Gasteiger partial charge in [-0.3, -0.25) is 0 Å². The molecule has 0 aliphatic carbocycles. The Kier molecular flexibility index (Phi) is 10.0. The molecule has 18 heavy (non-hydrogen) atoms. The fourth-order valence-corrected chi connectivity index (χ4v) is 2.04. The average Bonchev–Trinajstić information content (AvgIpc) is 3.19. The van der Waals surface area contributed by atoms with Crippen molar-refractivity contribution in [3.63, 3.8) is 0 Å². The van der Waals surface area contributed by atoms with Crippen LogP contribution in [0.2, 0.25) is 0 Å². The maximum atomic E-state index is 5.33. The van der Waals surface area contributed by atoms with Crippen molar-refractivity contribution in [2.75, 3.05) is 13.2 Å². The van der Waals surface area contributed by atoms with Crippen molar-refractivity contribution >= 4 is 0 Å². The van der Waals surface area contributed by atoms with Crippen LogP contribution in [0.5, 0.6) is 0 Å². The van der Waals surface area contributed by atoms with Gasteiger partial charge in [-0.25, -0.2) is 0 Å². The average molecular weight is 254 g/mol. The normalized spacial score (nSPS) is 18.4. The van der Waals surface area contributed by atoms with Gasteiger partial charge in [0.2, 0.25) is 0 Å². The second-order valence-corrected chi connectivity index (χ2v) is 5.28. The van der Waals surface area contributed by atoms with Crippen molar-refractivity contribution in [1.29, 1.82) is 0 Å². The summed E-state index contributed by atoms with van der Waals surface area (Å²) in [5, 5.41) is 0. The van der Waals surface area contributed by atoms with Crippen LogP contribution in [0, 0.1) is 0 Å². The second-order valence-electron chi connectivity index (χ2n) is 5.28. The Hall–Kier alpha value is -0.500. The minimum absolute atomic E-state index is 0.377. The molecular weight excluding hydrogens is 224 g/mol. The van der Waals surface area contributed by atoms with Crippen LogP contribution in [0.15, 0.2) is 12.3 Å². The van der Waals surface area contributed by atoms with Crippen molar-refractivity contribution in [3.8, 4) is 0 Å². The summed E-state index contributed by atoms with van der Waals surface area (Å²) in [4.78, 5) is 0. The van der Waals surface area contributed by atoms with Gasteiger partial charge in [-0.2, -0.15) is 0 Å². The molecule has 1 rings (SSSR count). The second kappa shape index (κ2) is 11.6. The third-order valence-electron chi connectivity index (χ3n) is 3.35. The van der Waals surface area contributed by atoms with Crippen LogP contribution in [-0.4, -0.2) is 19.3 Å². The van der Waals surface area contributed by atoms with Gasteiger partial charge in [0.05, 0.1) is 12.9 Å². The Bertz CT molecular complexity index is 197. The number of hydrogen-bond donors (Lipinski definition) is 0. The highest BCUT2D eigenvalue weighted by Gasteiger charge is 2.22. The van der Waals surface area contributed by atoms with Crippen molar-refractivity contribution in [2.45, 2.75) is 77.2 Å². The van der Waals surface area contributed by atoms with E-state index in [1.165, 1.54) is 57.8 Å². The predicted octanol–water partition coefficient (Wildman–Crippen LogP) is 4.84. The monoisotopic (exact) mass is 254 g/mol. The number of hydrogen-bond acceptors (Lipinski definition) is 2. The lowest BCUT2D eigenvalue weighted by Gasteiger charge is -2.00. The number of epoxide rings is 1. The molecule has 1 atom stereocenters. The molecule has 0 aromatic carbocycles. The van der Waals surface area contributed by atoms with E-state index in [2.05, 4.69) is 13.0 Å². The van der Waals surface area contributed by atoms with Crippen LogP contribution in [0.25, 0.3) is 0 Å². The Morgan fingerprint density at radius 2 is 1.61 bits per heavy atom. The van der Waals surface area contributed by atoms with E-state index in [0.717, 1.165) is 19.6 Å². The first-order chi connectivity index (χ1) is 8.93. The summed E-state index contributed by atoms with van der Waals surface area (Å²) < 4.78 is 10.4. The van der Waals surface area contributed by atoms with Crippen molar-refractivity contribution in [1.82, 2.24) is 0 Å². The summed E-state index contributed by atoms with van der Waals surface area (Å²) in [6.45, 7) is 3.88. The fourth-order valence-electron chi connectivity index (χ4n) is 2.04. The molecule has 0 radical (unpaired) electrons. The van der Waals surface area contributed by atoms with Crippen LogP contribution in [0.4, 0.5) is 0 Å². The van der Waals surface area contributed by atoms with E-state index in [1.807, 2.05) is 6.26 Å². The zero-order valence-electron chi connectivity index (χ0n) is 12.0. The van der Waals surface area contributed by atoms with E-state index in [9.17, 15) is 0 Å². The third kappa shape index (κ3) is 10.6. The highest BCUT2D eigenvalue weighted by molar-refractivity contribution is 4.75. The van der Waals surface area contributed by atoms with E-state index in [4.69, 9.17) is 9.47 Å². The highest BCUT2D eigenvalue weighted by atomic mass is 16.6. The van der Waals surface area contributed by atoms with Crippen LogP contribution >= 0.6 is 0 Å². The first-order valence-electron chi connectivity index (χ1n) is 7.81. The van der Waals surface area contributed by atoms with E-state index < -0.39 is 0 Å². The largest absolute Gasteiger partial charge is 0.499 e. The summed E-state index contributed by atoms with van der Waals surface area (Å²) in [6, 6.07) is 0. The Morgan fingerprint density at radius 1 is 1.00 bits per heavy atom. The van der Waals surface area contributed by atoms with Crippen LogP contribution in [0.3, 0.4) is 0 Å². The lowest BCUT2D eigenvalue weighted by molar-refractivity contribution is 0.211. The number of allylic oxidation sites excluding steroid dienone is 1. The molecule has 1 aliphatic rings. The molecule has 1 unspecified atom stereocenters. The van der Waals surface area contributed by atoms with Gasteiger partial charge >= 0.3 is 0 Å². The summed E-state index contributed by atoms with van der Waals surface area (Å²) in [5.74, 6) is 0. The van der Waals surface area contributed by atoms with Gasteiger partial charge in [0.15, 0.2) is 0 Å². The molecule has 1 aliphatic heterocycles. The van der Waals surface area contributed by atoms with Crippen LogP contribution in [0.1, 0.15) is 71.1 Å². The van der Waals surface area contributed by atoms with E-state index in [1.54, 1.807) is 0 Å². The summed E-state index contributed by atoms with van der Waals surface area (Å²) in [7, 11) is 0. The summed E-state index contributed by atoms with van der Waals surface area (Å²) in [6.07, 6.45) is 18.1. The van der Waals surface area contributed by atoms with Gasteiger partial charge in [-0.15, -0.1) is 0 Å². The number of unbranched alkanes of at least 4 members (excludes halogenated alkanes) is 9. The van der Waals surface area contributed by atoms with Gasteiger partial charge in [-0.05, 0) is 18.9 Å². The molecule has 0 spiro atoms. The van der Waals surface area contributed by atoms with Gasteiger partial charge < -0.3 is 9.47 Å². The SMILES string of the molecule is CCCCCCCCCCCC=COCC1CO1. The lowest BCUT2D eigenvalue weighted by atomic mass is 10.1. The maximum Gasteiger partial charge on any atom is 0.116 e. The molecule has 0 amide bonds. The standard InChI is InChI=1S/C16H30O2/c1-2-3-4-5-6-7-8-9-10-11-12-13-17-14-16-15-18-16/h12-13,16H,2-11,14-15H2,1H3. The molecule has 1 fully saturated rings. The molecule has 0 aromatic rings. The predicted molar refractivity (Wildman–Crippen MR) is 76.7 cm³/mol. The van der Waals surface area contributed by atoms with E-state index >= 15 is 0 Å². The van der Waals surface area contributed by atoms with Crippen LogP contribution < -0.4 is 0 Å². The third-order valence-corrected chi connectivity index (χ3v) is 3.35. The molecule has 106 valence electrons. The highest BCUT2D eigenvalue weighted by Crippen LogP contribution is 2.11. The molecule has 2 heteroatoms. The van der Waals surface area contributed by atoms with Gasteiger partial charge in [0.1, 0.15) is 12.7 Å². The first-order valence-corrected chi connectivity index (χ1v) is 7.81. The maximum absolute atomic E-state index is 5.33. The van der Waals surface area contributed by atoms with Crippen molar-refractivity contribution < 1.29 is 9.47 Å². The fraction of sp³-hybridized carbons (Fsp3) is 0.875. The van der Waals surface area contributed by atoms with Crippen molar-refractivity contribution in [3.05, 3.63) is 12.3 Å². The topological polar surface area (TPSA) is 21.8 Å². The quantitative estimate of drug-likeness (QED) is 0.266. The lowest BCUT2D eigenvalue weighted by Crippen LogP contribution is -1.94. The molecule has 1 saturated heterocycles. The molecule has 0 N–H and O–H groups in total. The molecule has 2 nitrogen and oxygen atoms in total. The smallest absolute Gasteiger partial charge is 0.116 e. The molecule has 1 heterocycles. The van der Waals surface area contributed by atoms with Gasteiger partial charge in [0.25, 0.3) is 0 Å². The Morgan fingerprint density at radius 3 is 2.22 bits per heavy atom. The van der Waals surface area contributed by atoms with E-state index in [0.29, 0.717) is 6.10 Å². The molecule has 0 aromatic heterocycles. The number of ether oxygens (including phenoxy) is 2. The van der Waals surface area contributed by atoms with Crippen LogP contribution in [-0.2, 0) is 9.47 Å². The molecule has 0 bridgehead atoms. The Balaban J connectivity index is 1.67. The minimum atomic E-state index is 0.377. The zero-order valence-corrected chi connectivity index (χ0v) is 12.0. The summed E-state index contributed by atoms with van der Waals surface area (Å²) >= 11 is 0. The first kappa shape index (κ1) is 15.6. The number of rotatable bonds is 13. The molecular formula is C16H30O2.